The van der Waals surface area contributed by atoms with Gasteiger partial charge in [0.15, 0.2) is 0 Å². The third-order valence-corrected chi connectivity index (χ3v) is 5.64. The monoisotopic (exact) mass is 434 g/mol. The first-order valence-corrected chi connectivity index (χ1v) is 12.1. The van der Waals surface area contributed by atoms with Crippen molar-refractivity contribution < 1.29 is 9.47 Å². The number of benzene rings is 1. The van der Waals surface area contributed by atoms with Crippen molar-refractivity contribution in [2.45, 2.75) is 85.9 Å². The van der Waals surface area contributed by atoms with E-state index in [9.17, 15) is 0 Å². The van der Waals surface area contributed by atoms with Gasteiger partial charge in [0.05, 0.1) is 19.1 Å². The number of hydrogen-bond acceptors (Lipinski definition) is 2. The second-order valence-electron chi connectivity index (χ2n) is 9.11. The van der Waals surface area contributed by atoms with Crippen molar-refractivity contribution in [1.29, 1.82) is 0 Å². The molecular formula is C27H43ClO2. The summed E-state index contributed by atoms with van der Waals surface area (Å²) in [4.78, 5) is 0. The van der Waals surface area contributed by atoms with Crippen molar-refractivity contribution in [3.8, 4) is 11.5 Å². The maximum atomic E-state index is 6.16. The van der Waals surface area contributed by atoms with E-state index in [0.29, 0.717) is 17.7 Å². The van der Waals surface area contributed by atoms with Crippen LogP contribution in [-0.2, 0) is 5.88 Å². The van der Waals surface area contributed by atoms with Crippen LogP contribution in [0.15, 0.2) is 41.5 Å². The minimum atomic E-state index is 0.432. The van der Waals surface area contributed by atoms with Crippen molar-refractivity contribution in [2.24, 2.45) is 11.8 Å². The van der Waals surface area contributed by atoms with E-state index in [1.54, 1.807) is 0 Å². The first-order valence-electron chi connectivity index (χ1n) is 11.5. The molecule has 1 rings (SSSR count). The van der Waals surface area contributed by atoms with Gasteiger partial charge < -0.3 is 9.47 Å². The fourth-order valence-electron chi connectivity index (χ4n) is 3.24. The van der Waals surface area contributed by atoms with Gasteiger partial charge in [-0.3, -0.25) is 0 Å². The van der Waals surface area contributed by atoms with E-state index in [4.69, 9.17) is 21.1 Å². The van der Waals surface area contributed by atoms with Gasteiger partial charge >= 0.3 is 0 Å². The van der Waals surface area contributed by atoms with E-state index < -0.39 is 0 Å². The summed E-state index contributed by atoms with van der Waals surface area (Å²) < 4.78 is 12.0. The van der Waals surface area contributed by atoms with Crippen LogP contribution in [0.3, 0.4) is 0 Å². The Labute approximate surface area is 190 Å². The van der Waals surface area contributed by atoms with Gasteiger partial charge in [-0.05, 0) is 96.3 Å². The van der Waals surface area contributed by atoms with Crippen molar-refractivity contribution >= 4 is 11.6 Å². The zero-order valence-electron chi connectivity index (χ0n) is 20.1. The predicted octanol–water partition coefficient (Wildman–Crippen LogP) is 8.73. The first kappa shape index (κ1) is 26.6. The fourth-order valence-corrected chi connectivity index (χ4v) is 3.45. The number of rotatable bonds is 15. The van der Waals surface area contributed by atoms with Crippen molar-refractivity contribution in [3.05, 3.63) is 47.1 Å². The summed E-state index contributed by atoms with van der Waals surface area (Å²) in [5.41, 5.74) is 3.79. The van der Waals surface area contributed by atoms with Gasteiger partial charge in [0.2, 0.25) is 0 Å². The van der Waals surface area contributed by atoms with Crippen LogP contribution in [0, 0.1) is 11.8 Å². The van der Waals surface area contributed by atoms with E-state index in [2.05, 4.69) is 53.7 Å². The Balaban J connectivity index is 2.39. The lowest BCUT2D eigenvalue weighted by Crippen LogP contribution is -2.06. The van der Waals surface area contributed by atoms with Crippen LogP contribution >= 0.6 is 11.6 Å². The molecule has 0 aromatic heterocycles. The highest BCUT2D eigenvalue weighted by Gasteiger charge is 2.08. The van der Waals surface area contributed by atoms with Gasteiger partial charge in [-0.1, -0.05) is 37.1 Å². The molecule has 2 unspecified atom stereocenters. The third kappa shape index (κ3) is 12.3. The van der Waals surface area contributed by atoms with Gasteiger partial charge in [-0.15, -0.1) is 11.6 Å². The zero-order chi connectivity index (χ0) is 22.4. The minimum Gasteiger partial charge on any atom is -0.494 e. The van der Waals surface area contributed by atoms with Crippen molar-refractivity contribution in [1.82, 2.24) is 0 Å². The molecule has 0 aliphatic rings. The van der Waals surface area contributed by atoms with Crippen molar-refractivity contribution in [3.63, 3.8) is 0 Å². The van der Waals surface area contributed by atoms with Gasteiger partial charge in [0, 0.05) is 5.56 Å². The molecule has 0 heterocycles. The van der Waals surface area contributed by atoms with Crippen LogP contribution in [0.1, 0.15) is 85.6 Å². The molecule has 0 radical (unpaired) electrons. The lowest BCUT2D eigenvalue weighted by molar-refractivity contribution is 0.271. The van der Waals surface area contributed by atoms with Crippen LogP contribution in [0.25, 0.3) is 0 Å². The van der Waals surface area contributed by atoms with Gasteiger partial charge in [0.25, 0.3) is 0 Å². The van der Waals surface area contributed by atoms with E-state index in [1.165, 1.54) is 24.0 Å². The zero-order valence-corrected chi connectivity index (χ0v) is 20.9. The highest BCUT2D eigenvalue weighted by Crippen LogP contribution is 2.27. The normalized spacial score (nSPS) is 12.8. The quantitative estimate of drug-likeness (QED) is 0.203. The largest absolute Gasteiger partial charge is 0.494 e. The molecule has 170 valence electrons. The Hall–Kier alpha value is -1.41. The van der Waals surface area contributed by atoms with E-state index in [-0.39, 0.29) is 0 Å². The molecule has 0 bridgehead atoms. The number of halogens is 1. The molecule has 0 spiro atoms. The average molecular weight is 435 g/mol. The number of ether oxygens (including phenoxy) is 2. The maximum absolute atomic E-state index is 6.16. The summed E-state index contributed by atoms with van der Waals surface area (Å²) in [6, 6.07) is 6.02. The average Bonchev–Trinajstić information content (AvgIpc) is 2.68. The minimum absolute atomic E-state index is 0.432. The molecule has 2 atom stereocenters. The molecule has 1 aromatic rings. The Kier molecular flexibility index (Phi) is 13.7. The lowest BCUT2D eigenvalue weighted by atomic mass is 10.0. The number of alkyl halides is 1. The number of hydrogen-bond donors (Lipinski definition) is 0. The summed E-state index contributed by atoms with van der Waals surface area (Å²) in [5, 5.41) is 0. The summed E-state index contributed by atoms with van der Waals surface area (Å²) >= 11 is 6.16. The summed E-state index contributed by atoms with van der Waals surface area (Å²) in [5.74, 6) is 3.51. The Morgan fingerprint density at radius 2 is 1.37 bits per heavy atom. The van der Waals surface area contributed by atoms with Crippen LogP contribution in [0.4, 0.5) is 0 Å². The molecule has 0 saturated heterocycles. The molecule has 0 fully saturated rings. The molecule has 0 aliphatic carbocycles. The molecule has 0 saturated carbocycles. The van der Waals surface area contributed by atoms with Gasteiger partial charge in [-0.2, -0.15) is 0 Å². The number of allylic oxidation sites excluding steroid dienone is 4. The fraction of sp³-hybridized carbons (Fsp3) is 0.630. The highest BCUT2D eigenvalue weighted by molar-refractivity contribution is 6.17. The first-order chi connectivity index (χ1) is 14.3. The molecule has 0 amide bonds. The topological polar surface area (TPSA) is 18.5 Å². The highest BCUT2D eigenvalue weighted by atomic mass is 35.5. The molecule has 1 aromatic carbocycles. The molecule has 3 heteroatoms. The standard InChI is InChI=1S/C27H43ClO2/c1-21(2)9-7-11-23(5)15-17-29-26-13-14-27(25(19-26)20-28)30-18-16-24(6)12-8-10-22(3)4/h9-10,13-14,19,23-24H,7-8,11-12,15-18,20H2,1-6H3. The van der Waals surface area contributed by atoms with Gasteiger partial charge in [-0.25, -0.2) is 0 Å². The molecular weight excluding hydrogens is 392 g/mol. The van der Waals surface area contributed by atoms with Crippen LogP contribution in [-0.4, -0.2) is 13.2 Å². The van der Waals surface area contributed by atoms with Gasteiger partial charge in [0.1, 0.15) is 11.5 Å². The third-order valence-electron chi connectivity index (χ3n) is 5.35. The Morgan fingerprint density at radius 1 is 0.833 bits per heavy atom. The van der Waals surface area contributed by atoms with Crippen molar-refractivity contribution in [2.75, 3.05) is 13.2 Å². The summed E-state index contributed by atoms with van der Waals surface area (Å²) in [6.07, 6.45) is 11.5. The molecule has 30 heavy (non-hydrogen) atoms. The van der Waals surface area contributed by atoms with E-state index in [0.717, 1.165) is 56.0 Å². The SMILES string of the molecule is CC(C)=CCCC(C)CCOc1ccc(OCCC(C)CCC=C(C)C)c(CCl)c1. The molecule has 0 aliphatic heterocycles. The second kappa shape index (κ2) is 15.4. The van der Waals surface area contributed by atoms with Crippen LogP contribution in [0.2, 0.25) is 0 Å². The summed E-state index contributed by atoms with van der Waals surface area (Å²) in [7, 11) is 0. The second-order valence-corrected chi connectivity index (χ2v) is 9.37. The summed E-state index contributed by atoms with van der Waals surface area (Å²) in [6.45, 7) is 14.7. The van der Waals surface area contributed by atoms with E-state index >= 15 is 0 Å². The molecule has 2 nitrogen and oxygen atoms in total. The van der Waals surface area contributed by atoms with Crippen LogP contribution in [0.5, 0.6) is 11.5 Å². The predicted molar refractivity (Wildman–Crippen MR) is 132 cm³/mol. The smallest absolute Gasteiger partial charge is 0.123 e. The maximum Gasteiger partial charge on any atom is 0.123 e. The Morgan fingerprint density at radius 3 is 1.87 bits per heavy atom. The van der Waals surface area contributed by atoms with Crippen LogP contribution < -0.4 is 9.47 Å². The van der Waals surface area contributed by atoms with E-state index in [1.807, 2.05) is 18.2 Å². The molecule has 0 N–H and O–H groups in total. The lowest BCUT2D eigenvalue weighted by Gasteiger charge is -2.15. The Bertz CT molecular complexity index is 655.